The van der Waals surface area contributed by atoms with Crippen LogP contribution < -0.4 is 5.32 Å². The van der Waals surface area contributed by atoms with E-state index in [1.807, 2.05) is 24.3 Å². The van der Waals surface area contributed by atoms with Crippen LogP contribution in [0.5, 0.6) is 0 Å². The van der Waals surface area contributed by atoms with E-state index in [2.05, 4.69) is 5.32 Å². The molecule has 120 valence electrons. The Balaban J connectivity index is 1.84. The van der Waals surface area contributed by atoms with E-state index >= 15 is 0 Å². The van der Waals surface area contributed by atoms with Gasteiger partial charge in [0.05, 0.1) is 17.6 Å². The summed E-state index contributed by atoms with van der Waals surface area (Å²) in [5, 5.41) is 13.2. The molecular formula is C19H20FNO2. The third-order valence-corrected chi connectivity index (χ3v) is 4.60. The van der Waals surface area contributed by atoms with Crippen molar-refractivity contribution in [1.29, 1.82) is 0 Å². The SMILES string of the molecule is CC(C)(C(=O)NC1c2ccccc2CC1O)c1cccc(F)c1. The van der Waals surface area contributed by atoms with E-state index in [9.17, 15) is 14.3 Å². The molecule has 2 atom stereocenters. The number of halogens is 1. The number of hydrogen-bond donors (Lipinski definition) is 2. The van der Waals surface area contributed by atoms with Crippen molar-refractivity contribution in [2.24, 2.45) is 0 Å². The third-order valence-electron chi connectivity index (χ3n) is 4.60. The van der Waals surface area contributed by atoms with E-state index in [-0.39, 0.29) is 11.7 Å². The van der Waals surface area contributed by atoms with E-state index in [4.69, 9.17) is 0 Å². The Bertz CT molecular complexity index is 742. The lowest BCUT2D eigenvalue weighted by Gasteiger charge is -2.28. The van der Waals surface area contributed by atoms with Crippen molar-refractivity contribution in [3.05, 3.63) is 71.0 Å². The zero-order chi connectivity index (χ0) is 16.6. The molecule has 23 heavy (non-hydrogen) atoms. The summed E-state index contributed by atoms with van der Waals surface area (Å²) >= 11 is 0. The molecule has 0 heterocycles. The Labute approximate surface area is 135 Å². The Hall–Kier alpha value is -2.20. The summed E-state index contributed by atoms with van der Waals surface area (Å²) in [6.07, 6.45) is -0.110. The Kier molecular flexibility index (Phi) is 3.94. The molecule has 0 fully saturated rings. The minimum Gasteiger partial charge on any atom is -0.390 e. The monoisotopic (exact) mass is 313 g/mol. The van der Waals surface area contributed by atoms with Gasteiger partial charge in [-0.3, -0.25) is 4.79 Å². The second-order valence-electron chi connectivity index (χ2n) is 6.56. The molecule has 0 aliphatic heterocycles. The number of rotatable bonds is 3. The highest BCUT2D eigenvalue weighted by atomic mass is 19.1. The van der Waals surface area contributed by atoms with Gasteiger partial charge in [-0.05, 0) is 42.7 Å². The lowest BCUT2D eigenvalue weighted by Crippen LogP contribution is -2.44. The predicted molar refractivity (Wildman–Crippen MR) is 86.5 cm³/mol. The fourth-order valence-corrected chi connectivity index (χ4v) is 3.08. The highest BCUT2D eigenvalue weighted by molar-refractivity contribution is 5.87. The van der Waals surface area contributed by atoms with Crippen molar-refractivity contribution in [1.82, 2.24) is 5.32 Å². The fourth-order valence-electron chi connectivity index (χ4n) is 3.08. The Morgan fingerprint density at radius 3 is 2.70 bits per heavy atom. The number of carbonyl (C=O) groups excluding carboxylic acids is 1. The topological polar surface area (TPSA) is 49.3 Å². The Morgan fingerprint density at radius 2 is 1.96 bits per heavy atom. The molecule has 0 bridgehead atoms. The van der Waals surface area contributed by atoms with Gasteiger partial charge in [0.2, 0.25) is 5.91 Å². The largest absolute Gasteiger partial charge is 0.390 e. The summed E-state index contributed by atoms with van der Waals surface area (Å²) in [6, 6.07) is 13.3. The molecule has 0 spiro atoms. The van der Waals surface area contributed by atoms with Gasteiger partial charge >= 0.3 is 0 Å². The van der Waals surface area contributed by atoms with Crippen LogP contribution in [-0.2, 0) is 16.6 Å². The van der Waals surface area contributed by atoms with Crippen molar-refractivity contribution < 1.29 is 14.3 Å². The number of benzene rings is 2. The second kappa shape index (κ2) is 5.78. The molecule has 0 aromatic heterocycles. The molecule has 4 heteroatoms. The minimum absolute atomic E-state index is 0.233. The summed E-state index contributed by atoms with van der Waals surface area (Å²) in [4.78, 5) is 12.7. The van der Waals surface area contributed by atoms with Crippen molar-refractivity contribution in [2.45, 2.75) is 37.8 Å². The van der Waals surface area contributed by atoms with Crippen LogP contribution in [0.2, 0.25) is 0 Å². The van der Waals surface area contributed by atoms with E-state index in [0.29, 0.717) is 12.0 Å². The van der Waals surface area contributed by atoms with Crippen molar-refractivity contribution in [2.75, 3.05) is 0 Å². The first kappa shape index (κ1) is 15.7. The van der Waals surface area contributed by atoms with Crippen molar-refractivity contribution in [3.8, 4) is 0 Å². The third kappa shape index (κ3) is 2.86. The molecule has 2 N–H and O–H groups in total. The fraction of sp³-hybridized carbons (Fsp3) is 0.316. The molecule has 0 radical (unpaired) electrons. The molecule has 1 aliphatic carbocycles. The van der Waals surface area contributed by atoms with Crippen molar-refractivity contribution >= 4 is 5.91 Å². The molecule has 2 unspecified atom stereocenters. The first-order valence-corrected chi connectivity index (χ1v) is 7.72. The lowest BCUT2D eigenvalue weighted by atomic mass is 9.83. The molecule has 2 aromatic carbocycles. The Morgan fingerprint density at radius 1 is 1.22 bits per heavy atom. The standard InChI is InChI=1S/C19H20FNO2/c1-19(2,13-7-5-8-14(20)11-13)18(23)21-17-15-9-4-3-6-12(15)10-16(17)22/h3-9,11,16-17,22H,10H2,1-2H3,(H,21,23). The number of amides is 1. The zero-order valence-corrected chi connectivity index (χ0v) is 13.2. The summed E-state index contributed by atoms with van der Waals surface area (Å²) in [7, 11) is 0. The van der Waals surface area contributed by atoms with Gasteiger partial charge in [-0.15, -0.1) is 0 Å². The molecular weight excluding hydrogens is 293 g/mol. The number of nitrogens with one attached hydrogen (secondary N) is 1. The van der Waals surface area contributed by atoms with Crippen LogP contribution in [0.15, 0.2) is 48.5 Å². The highest BCUT2D eigenvalue weighted by Crippen LogP contribution is 2.33. The van der Waals surface area contributed by atoms with Crippen molar-refractivity contribution in [3.63, 3.8) is 0 Å². The van der Waals surface area contributed by atoms with Gasteiger partial charge in [-0.1, -0.05) is 36.4 Å². The highest BCUT2D eigenvalue weighted by Gasteiger charge is 2.37. The summed E-state index contributed by atoms with van der Waals surface area (Å²) in [5.41, 5.74) is 1.72. The van der Waals surface area contributed by atoms with Crippen LogP contribution in [0.1, 0.15) is 36.6 Å². The van der Waals surface area contributed by atoms with E-state index < -0.39 is 17.6 Å². The first-order chi connectivity index (χ1) is 10.9. The van der Waals surface area contributed by atoms with E-state index in [0.717, 1.165) is 11.1 Å². The molecule has 1 aliphatic rings. The van der Waals surface area contributed by atoms with Gasteiger partial charge in [-0.25, -0.2) is 4.39 Å². The maximum atomic E-state index is 13.5. The van der Waals surface area contributed by atoms with Gasteiger partial charge < -0.3 is 10.4 Å². The minimum atomic E-state index is -0.890. The maximum absolute atomic E-state index is 13.5. The maximum Gasteiger partial charge on any atom is 0.230 e. The smallest absolute Gasteiger partial charge is 0.230 e. The van der Waals surface area contributed by atoms with Crippen LogP contribution in [0, 0.1) is 5.82 Å². The van der Waals surface area contributed by atoms with Gasteiger partial charge in [0.15, 0.2) is 0 Å². The van der Waals surface area contributed by atoms with E-state index in [1.165, 1.54) is 12.1 Å². The van der Waals surface area contributed by atoms with Crippen LogP contribution in [-0.4, -0.2) is 17.1 Å². The molecule has 2 aromatic rings. The first-order valence-electron chi connectivity index (χ1n) is 7.72. The van der Waals surface area contributed by atoms with E-state index in [1.54, 1.807) is 26.0 Å². The number of fused-ring (bicyclic) bond motifs is 1. The van der Waals surface area contributed by atoms with Crippen LogP contribution in [0.3, 0.4) is 0 Å². The average molecular weight is 313 g/mol. The number of aliphatic hydroxyl groups excluding tert-OH is 1. The van der Waals surface area contributed by atoms with Gasteiger partial charge in [0.25, 0.3) is 0 Å². The normalized spacial score (nSPS) is 20.2. The average Bonchev–Trinajstić information content (AvgIpc) is 2.83. The predicted octanol–water partition coefficient (Wildman–Crippen LogP) is 2.88. The molecule has 3 nitrogen and oxygen atoms in total. The summed E-state index contributed by atoms with van der Waals surface area (Å²) < 4.78 is 13.5. The number of hydrogen-bond acceptors (Lipinski definition) is 2. The van der Waals surface area contributed by atoms with Crippen LogP contribution in [0.25, 0.3) is 0 Å². The summed E-state index contributed by atoms with van der Waals surface area (Å²) in [6.45, 7) is 3.51. The quantitative estimate of drug-likeness (QED) is 0.915. The number of carbonyl (C=O) groups is 1. The second-order valence-corrected chi connectivity index (χ2v) is 6.56. The van der Waals surface area contributed by atoms with Crippen LogP contribution in [0.4, 0.5) is 4.39 Å². The zero-order valence-electron chi connectivity index (χ0n) is 13.2. The number of aliphatic hydroxyl groups is 1. The van der Waals surface area contributed by atoms with Gasteiger partial charge in [0, 0.05) is 6.42 Å². The molecule has 3 rings (SSSR count). The van der Waals surface area contributed by atoms with Gasteiger partial charge in [0.1, 0.15) is 5.82 Å². The lowest BCUT2D eigenvalue weighted by molar-refractivity contribution is -0.127. The van der Waals surface area contributed by atoms with Crippen LogP contribution >= 0.6 is 0 Å². The summed E-state index contributed by atoms with van der Waals surface area (Å²) in [5.74, 6) is -0.599. The molecule has 0 saturated carbocycles. The molecule has 1 amide bonds. The molecule has 0 saturated heterocycles. The van der Waals surface area contributed by atoms with Gasteiger partial charge in [-0.2, -0.15) is 0 Å².